The van der Waals surface area contributed by atoms with Gasteiger partial charge in [-0.2, -0.15) is 0 Å². The molecule has 1 fully saturated rings. The molecule has 1 heterocycles. The normalized spacial score (nSPS) is 21.2. The maximum absolute atomic E-state index is 5.71. The first kappa shape index (κ1) is 17.7. The average Bonchev–Trinajstić information content (AvgIpc) is 3.05. The largest absolute Gasteiger partial charge is 0.479 e. The van der Waals surface area contributed by atoms with Crippen LogP contribution in [0.3, 0.4) is 0 Å². The molecule has 3 heteroatoms. The van der Waals surface area contributed by atoms with Crippen LogP contribution in [0.2, 0.25) is 0 Å². The third kappa shape index (κ3) is 7.01. The van der Waals surface area contributed by atoms with Crippen LogP contribution in [-0.4, -0.2) is 24.5 Å². The fourth-order valence-electron chi connectivity index (χ4n) is 2.34. The van der Waals surface area contributed by atoms with Crippen molar-refractivity contribution in [3.05, 3.63) is 18.2 Å². The maximum Gasteiger partial charge on any atom is 0 e. The molecule has 17 heavy (non-hydrogen) atoms. The van der Waals surface area contributed by atoms with Crippen LogP contribution in [0.1, 0.15) is 40.0 Å². The van der Waals surface area contributed by atoms with Gasteiger partial charge >= 0.3 is 0 Å². The van der Waals surface area contributed by atoms with E-state index in [1.807, 2.05) is 0 Å². The van der Waals surface area contributed by atoms with Gasteiger partial charge < -0.3 is 10.6 Å². The van der Waals surface area contributed by atoms with Gasteiger partial charge in [-0.25, -0.2) is 0 Å². The van der Waals surface area contributed by atoms with Crippen molar-refractivity contribution in [3.8, 4) is 0 Å². The molecular formula is C14H27N2U-. The Hall–Kier alpha value is 0.712. The van der Waals surface area contributed by atoms with E-state index >= 15 is 0 Å². The molecule has 2 nitrogen and oxygen atoms in total. The monoisotopic (exact) mass is 461 g/mol. The van der Waals surface area contributed by atoms with Crippen LogP contribution >= 0.6 is 0 Å². The average molecular weight is 461 g/mol. The van der Waals surface area contributed by atoms with Gasteiger partial charge in [-0.1, -0.05) is 32.4 Å². The number of rotatable bonds is 8. The zero-order valence-electron chi connectivity index (χ0n) is 11.6. The van der Waals surface area contributed by atoms with Crippen molar-refractivity contribution >= 4 is 0 Å². The minimum atomic E-state index is 0. The van der Waals surface area contributed by atoms with E-state index in [0.717, 1.165) is 13.0 Å². The smallest absolute Gasteiger partial charge is 0 e. The first-order valence-electron chi connectivity index (χ1n) is 6.65. The van der Waals surface area contributed by atoms with E-state index in [1.54, 1.807) is 5.57 Å². The molecule has 0 aromatic rings. The van der Waals surface area contributed by atoms with Crippen LogP contribution in [0.15, 0.2) is 11.6 Å². The molecule has 1 aliphatic rings. The minimum absolute atomic E-state index is 0. The van der Waals surface area contributed by atoms with Gasteiger partial charge in [0, 0.05) is 31.1 Å². The Balaban J connectivity index is 0.00000256. The Bertz CT molecular complexity index is 222. The summed E-state index contributed by atoms with van der Waals surface area (Å²) in [6.07, 6.45) is 5.94. The fourth-order valence-corrected chi connectivity index (χ4v) is 2.34. The summed E-state index contributed by atoms with van der Waals surface area (Å²) in [6, 6.07) is 0. The van der Waals surface area contributed by atoms with E-state index in [0.29, 0.717) is 11.8 Å². The molecule has 0 amide bonds. The zero-order valence-corrected chi connectivity index (χ0v) is 15.7. The van der Waals surface area contributed by atoms with Crippen molar-refractivity contribution in [2.24, 2.45) is 17.6 Å². The standard InChI is InChI=1S/C14H27N2.U/c1-4-13(6-5-9-16-10-11-16)14(7-8-15)12(2)3;/h6,10,12,14H,4-5,7-9,11,15H2,1-3H3;/q-1;/b13-6+;. The summed E-state index contributed by atoms with van der Waals surface area (Å²) in [5.74, 6) is 1.40. The van der Waals surface area contributed by atoms with Gasteiger partial charge in [0.2, 0.25) is 0 Å². The molecule has 0 aromatic heterocycles. The predicted molar refractivity (Wildman–Crippen MR) is 70.9 cm³/mol. The molecule has 0 aromatic carbocycles. The molecule has 0 aliphatic carbocycles. The Labute approximate surface area is 131 Å². The van der Waals surface area contributed by atoms with E-state index < -0.39 is 0 Å². The molecule has 2 atom stereocenters. The second-order valence-corrected chi connectivity index (χ2v) is 5.03. The molecule has 1 saturated heterocycles. The molecule has 2 unspecified atom stereocenters. The summed E-state index contributed by atoms with van der Waals surface area (Å²) in [5.41, 5.74) is 7.32. The fraction of sp³-hybridized carbons (Fsp3) is 0.786. The van der Waals surface area contributed by atoms with Crippen LogP contribution < -0.4 is 5.73 Å². The van der Waals surface area contributed by atoms with Crippen LogP contribution in [0.5, 0.6) is 0 Å². The molecular weight excluding hydrogens is 434 g/mol. The first-order chi connectivity index (χ1) is 7.69. The Morgan fingerprint density at radius 1 is 1.47 bits per heavy atom. The first-order valence-corrected chi connectivity index (χ1v) is 6.65. The number of allylic oxidation sites excluding steroid dienone is 1. The Morgan fingerprint density at radius 3 is 2.53 bits per heavy atom. The molecule has 0 spiro atoms. The molecule has 2 N–H and O–H groups in total. The van der Waals surface area contributed by atoms with Crippen LogP contribution in [-0.2, 0) is 0 Å². The van der Waals surface area contributed by atoms with E-state index in [2.05, 4.69) is 38.3 Å². The van der Waals surface area contributed by atoms with Crippen molar-refractivity contribution in [1.29, 1.82) is 0 Å². The third-order valence-corrected chi connectivity index (χ3v) is 3.43. The van der Waals surface area contributed by atoms with Crippen molar-refractivity contribution in [1.82, 2.24) is 4.90 Å². The summed E-state index contributed by atoms with van der Waals surface area (Å²) in [7, 11) is 0. The summed E-state index contributed by atoms with van der Waals surface area (Å²) in [6.45, 7) is 12.3. The molecule has 0 radical (unpaired) electrons. The summed E-state index contributed by atoms with van der Waals surface area (Å²) in [4.78, 5) is 2.36. The van der Waals surface area contributed by atoms with E-state index in [4.69, 9.17) is 5.73 Å². The van der Waals surface area contributed by atoms with Crippen LogP contribution in [0.4, 0.5) is 0 Å². The van der Waals surface area contributed by atoms with Gasteiger partial charge in [0.1, 0.15) is 0 Å². The van der Waals surface area contributed by atoms with Gasteiger partial charge in [0.15, 0.2) is 0 Å². The second kappa shape index (κ2) is 9.62. The van der Waals surface area contributed by atoms with Gasteiger partial charge in [-0.05, 0) is 44.2 Å². The van der Waals surface area contributed by atoms with E-state index in [9.17, 15) is 0 Å². The van der Waals surface area contributed by atoms with Gasteiger partial charge in [-0.3, -0.25) is 6.54 Å². The quantitative estimate of drug-likeness (QED) is 0.342. The van der Waals surface area contributed by atoms with Gasteiger partial charge in [0.25, 0.3) is 0 Å². The van der Waals surface area contributed by atoms with Crippen LogP contribution in [0, 0.1) is 49.5 Å². The zero-order chi connectivity index (χ0) is 12.0. The summed E-state index contributed by atoms with van der Waals surface area (Å²) < 4.78 is 0. The van der Waals surface area contributed by atoms with E-state index in [-0.39, 0.29) is 31.1 Å². The second-order valence-electron chi connectivity index (χ2n) is 5.03. The SMILES string of the molecule is CC/C(=C\CCN1[CH-]C1)C(CCN)C(C)C.[U]. The summed E-state index contributed by atoms with van der Waals surface area (Å²) >= 11 is 0. The van der Waals surface area contributed by atoms with Crippen molar-refractivity contribution in [3.63, 3.8) is 0 Å². The summed E-state index contributed by atoms with van der Waals surface area (Å²) in [5, 5.41) is 0. The molecule has 0 saturated carbocycles. The number of hydrogen-bond acceptors (Lipinski definition) is 2. The molecule has 98 valence electrons. The minimum Gasteiger partial charge on any atom is -0.479 e. The van der Waals surface area contributed by atoms with E-state index in [1.165, 1.54) is 25.9 Å². The topological polar surface area (TPSA) is 29.0 Å². The van der Waals surface area contributed by atoms with Gasteiger partial charge in [0.05, 0.1) is 0 Å². The molecule has 1 aliphatic heterocycles. The van der Waals surface area contributed by atoms with Crippen molar-refractivity contribution < 1.29 is 31.1 Å². The maximum atomic E-state index is 5.71. The number of nitrogens with zero attached hydrogens (tertiary/aromatic N) is 1. The number of hydrogen-bond donors (Lipinski definition) is 1. The molecule has 0 bridgehead atoms. The van der Waals surface area contributed by atoms with Crippen molar-refractivity contribution in [2.45, 2.75) is 40.0 Å². The van der Waals surface area contributed by atoms with Crippen molar-refractivity contribution in [2.75, 3.05) is 19.6 Å². The predicted octanol–water partition coefficient (Wildman–Crippen LogP) is 2.81. The Kier molecular flexibility index (Phi) is 10.0. The van der Waals surface area contributed by atoms with Crippen LogP contribution in [0.25, 0.3) is 0 Å². The molecule has 1 rings (SSSR count). The van der Waals surface area contributed by atoms with Gasteiger partial charge in [-0.15, -0.1) is 6.54 Å². The third-order valence-electron chi connectivity index (χ3n) is 3.43. The number of nitrogens with two attached hydrogens (primary N) is 1. The Morgan fingerprint density at radius 2 is 2.12 bits per heavy atom.